The fraction of sp³-hybridized carbons (Fsp3) is 0.500. The molecule has 1 aromatic heterocycles. The van der Waals surface area contributed by atoms with Crippen LogP contribution in [-0.4, -0.2) is 39.3 Å². The second kappa shape index (κ2) is 11.2. The molecule has 8 heteroatoms. The summed E-state index contributed by atoms with van der Waals surface area (Å²) in [7, 11) is 0. The van der Waals surface area contributed by atoms with Gasteiger partial charge in [0, 0.05) is 42.9 Å². The lowest BCUT2D eigenvalue weighted by molar-refractivity contribution is -0.121. The van der Waals surface area contributed by atoms with Crippen molar-refractivity contribution in [1.82, 2.24) is 20.1 Å². The number of nitrogens with one attached hydrogen (secondary N) is 1. The normalized spacial score (nSPS) is 11.0. The van der Waals surface area contributed by atoms with Gasteiger partial charge in [0.05, 0.1) is 0 Å². The smallest absolute Gasteiger partial charge is 0.220 e. The average molecular weight is 423 g/mol. The van der Waals surface area contributed by atoms with Gasteiger partial charge in [-0.2, -0.15) is 0 Å². The highest BCUT2D eigenvalue weighted by Crippen LogP contribution is 2.16. The van der Waals surface area contributed by atoms with Crippen LogP contribution in [0.4, 0.5) is 0 Å². The first-order valence-electron chi connectivity index (χ1n) is 9.42. The third kappa shape index (κ3) is 6.95. The van der Waals surface area contributed by atoms with Crippen LogP contribution >= 0.6 is 23.4 Å². The summed E-state index contributed by atoms with van der Waals surface area (Å²) in [6.07, 6.45) is 3.90. The number of Topliss-reactive ketones (excluding diaryl/α,β-unsaturated/α-hetero) is 1. The van der Waals surface area contributed by atoms with Crippen molar-refractivity contribution in [2.45, 2.75) is 51.2 Å². The third-order valence-electron chi connectivity index (χ3n) is 4.17. The molecule has 0 radical (unpaired) electrons. The molecule has 6 nitrogen and oxygen atoms in total. The Morgan fingerprint density at radius 1 is 1.18 bits per heavy atom. The topological polar surface area (TPSA) is 76.9 Å². The van der Waals surface area contributed by atoms with Crippen molar-refractivity contribution < 1.29 is 9.59 Å². The molecule has 28 heavy (non-hydrogen) atoms. The lowest BCUT2D eigenvalue weighted by Crippen LogP contribution is -2.25. The number of aryl methyl sites for hydroxylation is 1. The zero-order valence-electron chi connectivity index (χ0n) is 16.6. The highest BCUT2D eigenvalue weighted by molar-refractivity contribution is 7.98. The van der Waals surface area contributed by atoms with Gasteiger partial charge in [0.2, 0.25) is 5.91 Å². The van der Waals surface area contributed by atoms with E-state index in [2.05, 4.69) is 33.9 Å². The number of thioether (sulfide) groups is 1. The van der Waals surface area contributed by atoms with Crippen LogP contribution in [-0.2, 0) is 17.8 Å². The molecule has 2 aromatic rings. The molecule has 0 fully saturated rings. The number of halogens is 1. The van der Waals surface area contributed by atoms with Crippen molar-refractivity contribution in [2.75, 3.05) is 12.8 Å². The van der Waals surface area contributed by atoms with E-state index >= 15 is 0 Å². The molecular formula is C20H27ClN4O2S. The van der Waals surface area contributed by atoms with Gasteiger partial charge in [0.1, 0.15) is 5.82 Å². The van der Waals surface area contributed by atoms with E-state index in [1.54, 1.807) is 36.0 Å². The minimum Gasteiger partial charge on any atom is -0.356 e. The van der Waals surface area contributed by atoms with Crippen molar-refractivity contribution in [3.8, 4) is 0 Å². The highest BCUT2D eigenvalue weighted by atomic mass is 35.5. The Balaban J connectivity index is 1.72. The minimum absolute atomic E-state index is 0.0572. The summed E-state index contributed by atoms with van der Waals surface area (Å²) in [5.41, 5.74) is 0.575. The van der Waals surface area contributed by atoms with Gasteiger partial charge in [-0.25, -0.2) is 0 Å². The number of hydrogen-bond acceptors (Lipinski definition) is 5. The Morgan fingerprint density at radius 2 is 1.89 bits per heavy atom. The Bertz CT molecular complexity index is 790. The Hall–Kier alpha value is -1.86. The number of nitrogens with zero attached hydrogens (tertiary/aromatic N) is 3. The summed E-state index contributed by atoms with van der Waals surface area (Å²) in [5, 5.41) is 12.9. The van der Waals surface area contributed by atoms with Gasteiger partial charge in [-0.1, -0.05) is 37.2 Å². The van der Waals surface area contributed by atoms with E-state index in [1.165, 1.54) is 0 Å². The molecule has 0 aliphatic carbocycles. The zero-order chi connectivity index (χ0) is 20.5. The largest absolute Gasteiger partial charge is 0.356 e. The second-order valence-corrected chi connectivity index (χ2v) is 8.20. The number of benzene rings is 1. The van der Waals surface area contributed by atoms with Crippen LogP contribution in [0.25, 0.3) is 0 Å². The van der Waals surface area contributed by atoms with E-state index in [0.717, 1.165) is 30.4 Å². The van der Waals surface area contributed by atoms with Crippen LogP contribution in [0.5, 0.6) is 0 Å². The molecule has 0 unspecified atom stereocenters. The van der Waals surface area contributed by atoms with Crippen molar-refractivity contribution in [2.24, 2.45) is 5.92 Å². The van der Waals surface area contributed by atoms with E-state index in [0.29, 0.717) is 23.0 Å². The first-order valence-corrected chi connectivity index (χ1v) is 11.0. The number of carbonyl (C=O) groups excluding carboxylic acids is 2. The molecule has 1 heterocycles. The highest BCUT2D eigenvalue weighted by Gasteiger charge is 2.13. The number of ketones is 1. The van der Waals surface area contributed by atoms with E-state index in [4.69, 9.17) is 11.6 Å². The molecule has 0 bridgehead atoms. The maximum Gasteiger partial charge on any atom is 0.220 e. The van der Waals surface area contributed by atoms with Gasteiger partial charge in [-0.15, -0.1) is 10.2 Å². The summed E-state index contributed by atoms with van der Waals surface area (Å²) in [5.74, 6) is 1.29. The van der Waals surface area contributed by atoms with Crippen LogP contribution in [0.1, 0.15) is 49.3 Å². The standard InChI is InChI=1S/C20H27ClN4O2S/c1-14(2)13-25-18(23-24-20(25)28-3)5-4-12-22-19(27)11-10-17(26)15-6-8-16(21)9-7-15/h6-9,14H,4-5,10-13H2,1-3H3,(H,22,27). The summed E-state index contributed by atoms with van der Waals surface area (Å²) < 4.78 is 2.15. The fourth-order valence-corrected chi connectivity index (χ4v) is 3.42. The lowest BCUT2D eigenvalue weighted by Gasteiger charge is -2.11. The number of hydrogen-bond donors (Lipinski definition) is 1. The minimum atomic E-state index is -0.115. The zero-order valence-corrected chi connectivity index (χ0v) is 18.1. The average Bonchev–Trinajstić information content (AvgIpc) is 3.04. The molecule has 0 saturated heterocycles. The van der Waals surface area contributed by atoms with E-state index in [1.807, 2.05) is 6.26 Å². The first-order chi connectivity index (χ1) is 13.4. The predicted molar refractivity (Wildman–Crippen MR) is 113 cm³/mol. The number of aromatic nitrogens is 3. The monoisotopic (exact) mass is 422 g/mol. The molecule has 1 N–H and O–H groups in total. The van der Waals surface area contributed by atoms with Crippen LogP contribution < -0.4 is 5.32 Å². The predicted octanol–water partition coefficient (Wildman–Crippen LogP) is 4.02. The van der Waals surface area contributed by atoms with Gasteiger partial charge in [0.25, 0.3) is 0 Å². The molecule has 0 atom stereocenters. The van der Waals surface area contributed by atoms with Gasteiger partial charge in [-0.05, 0) is 42.9 Å². The van der Waals surface area contributed by atoms with Gasteiger partial charge < -0.3 is 9.88 Å². The SMILES string of the molecule is CSc1nnc(CCCNC(=O)CCC(=O)c2ccc(Cl)cc2)n1CC(C)C. The van der Waals surface area contributed by atoms with Crippen LogP contribution in [0.2, 0.25) is 5.02 Å². The van der Waals surface area contributed by atoms with Crippen LogP contribution in [0, 0.1) is 5.92 Å². The quantitative estimate of drug-likeness (QED) is 0.336. The van der Waals surface area contributed by atoms with E-state index in [9.17, 15) is 9.59 Å². The molecular weight excluding hydrogens is 396 g/mol. The molecule has 2 rings (SSSR count). The second-order valence-electron chi connectivity index (χ2n) is 6.99. The van der Waals surface area contributed by atoms with Crippen LogP contribution in [0.15, 0.2) is 29.4 Å². The number of amides is 1. The van der Waals surface area contributed by atoms with Gasteiger partial charge in [-0.3, -0.25) is 9.59 Å². The van der Waals surface area contributed by atoms with Crippen molar-refractivity contribution >= 4 is 35.1 Å². The van der Waals surface area contributed by atoms with Crippen molar-refractivity contribution in [3.63, 3.8) is 0 Å². The third-order valence-corrected chi connectivity index (χ3v) is 5.09. The molecule has 152 valence electrons. The molecule has 0 spiro atoms. The molecule has 0 saturated carbocycles. The fourth-order valence-electron chi connectivity index (χ4n) is 2.77. The summed E-state index contributed by atoms with van der Waals surface area (Å²) >= 11 is 7.41. The summed E-state index contributed by atoms with van der Waals surface area (Å²) in [6.45, 7) is 5.77. The summed E-state index contributed by atoms with van der Waals surface area (Å²) in [4.78, 5) is 24.1. The molecule has 0 aliphatic heterocycles. The van der Waals surface area contributed by atoms with E-state index < -0.39 is 0 Å². The maximum atomic E-state index is 12.1. The Labute approximate surface area is 175 Å². The first kappa shape index (κ1) is 22.4. The van der Waals surface area contributed by atoms with Crippen LogP contribution in [0.3, 0.4) is 0 Å². The van der Waals surface area contributed by atoms with Crippen molar-refractivity contribution in [1.29, 1.82) is 0 Å². The molecule has 1 amide bonds. The van der Waals surface area contributed by atoms with Gasteiger partial charge >= 0.3 is 0 Å². The van der Waals surface area contributed by atoms with E-state index in [-0.39, 0.29) is 24.5 Å². The number of rotatable bonds is 11. The Morgan fingerprint density at radius 3 is 2.54 bits per heavy atom. The molecule has 0 aliphatic rings. The summed E-state index contributed by atoms with van der Waals surface area (Å²) in [6, 6.07) is 6.71. The maximum absolute atomic E-state index is 12.1. The number of carbonyl (C=O) groups is 2. The van der Waals surface area contributed by atoms with Gasteiger partial charge in [0.15, 0.2) is 10.9 Å². The van der Waals surface area contributed by atoms with Crippen molar-refractivity contribution in [3.05, 3.63) is 40.7 Å². The molecule has 1 aromatic carbocycles. The Kier molecular flexibility index (Phi) is 8.99. The lowest BCUT2D eigenvalue weighted by atomic mass is 10.1.